The van der Waals surface area contributed by atoms with E-state index in [1.165, 1.54) is 0 Å². The summed E-state index contributed by atoms with van der Waals surface area (Å²) < 4.78 is 1.80. The normalized spacial score (nSPS) is 19.1. The van der Waals surface area contributed by atoms with E-state index in [-0.39, 0.29) is 18.1 Å². The van der Waals surface area contributed by atoms with Gasteiger partial charge in [-0.2, -0.15) is 5.10 Å². The molecule has 0 bridgehead atoms. The maximum absolute atomic E-state index is 12.3. The molecule has 0 unspecified atom stereocenters. The average Bonchev–Trinajstić information content (AvgIpc) is 3.16. The van der Waals surface area contributed by atoms with E-state index in [1.54, 1.807) is 16.0 Å². The lowest BCUT2D eigenvalue weighted by Gasteiger charge is -2.34. The van der Waals surface area contributed by atoms with Crippen LogP contribution in [0, 0.1) is 6.92 Å². The number of carbonyl (C=O) groups excluding carboxylic acids is 1. The van der Waals surface area contributed by atoms with Gasteiger partial charge in [-0.3, -0.25) is 4.68 Å². The fourth-order valence-corrected chi connectivity index (χ4v) is 3.74. The molecule has 2 aromatic heterocycles. The van der Waals surface area contributed by atoms with Crippen LogP contribution in [0.25, 0.3) is 0 Å². The Morgan fingerprint density at radius 3 is 2.96 bits per heavy atom. The second-order valence-corrected chi connectivity index (χ2v) is 7.57. The molecule has 0 aliphatic carbocycles. The number of aryl methyl sites for hydroxylation is 2. The molecular formula is C16H24N6OS. The van der Waals surface area contributed by atoms with E-state index in [1.807, 2.05) is 39.5 Å². The van der Waals surface area contributed by atoms with Gasteiger partial charge in [-0.1, -0.05) is 0 Å². The highest BCUT2D eigenvalue weighted by molar-refractivity contribution is 7.11. The first-order chi connectivity index (χ1) is 11.5. The lowest BCUT2D eigenvalue weighted by atomic mass is 10.1. The number of rotatable bonds is 4. The molecule has 2 aromatic rings. The summed E-state index contributed by atoms with van der Waals surface area (Å²) in [6.45, 7) is 5.79. The molecular weight excluding hydrogens is 324 g/mol. The summed E-state index contributed by atoms with van der Waals surface area (Å²) in [7, 11) is 1.92. The summed E-state index contributed by atoms with van der Waals surface area (Å²) in [5.41, 5.74) is 1.11. The number of anilines is 1. The van der Waals surface area contributed by atoms with Crippen LogP contribution in [0.3, 0.4) is 0 Å². The summed E-state index contributed by atoms with van der Waals surface area (Å²) in [5.74, 6) is 0. The lowest BCUT2D eigenvalue weighted by molar-refractivity contribution is 0.232. The highest BCUT2D eigenvalue weighted by Gasteiger charge is 2.23. The van der Waals surface area contributed by atoms with E-state index in [0.29, 0.717) is 0 Å². The third kappa shape index (κ3) is 4.05. The molecule has 0 radical (unpaired) electrons. The molecule has 1 aliphatic heterocycles. The van der Waals surface area contributed by atoms with Gasteiger partial charge in [0, 0.05) is 43.4 Å². The number of nitrogens with zero attached hydrogens (tertiary/aromatic N) is 4. The number of piperidine rings is 1. The van der Waals surface area contributed by atoms with Crippen LogP contribution in [0.4, 0.5) is 10.5 Å². The SMILES string of the molecule is Cc1cnc([C@@H](C)NC(=O)N[C@@H]2CCCN(c3cnn(C)c3)C2)s1. The van der Waals surface area contributed by atoms with Crippen molar-refractivity contribution in [3.8, 4) is 0 Å². The monoisotopic (exact) mass is 348 g/mol. The minimum atomic E-state index is -0.131. The number of thiazole rings is 1. The number of hydrogen-bond acceptors (Lipinski definition) is 5. The molecule has 2 atom stereocenters. The van der Waals surface area contributed by atoms with Gasteiger partial charge in [0.05, 0.1) is 17.9 Å². The zero-order valence-electron chi connectivity index (χ0n) is 14.3. The van der Waals surface area contributed by atoms with Gasteiger partial charge in [0.1, 0.15) is 5.01 Å². The molecule has 0 aromatic carbocycles. The molecule has 3 heterocycles. The summed E-state index contributed by atoms with van der Waals surface area (Å²) in [6.07, 6.45) is 7.77. The lowest BCUT2D eigenvalue weighted by Crippen LogP contribution is -2.50. The number of carbonyl (C=O) groups is 1. The Balaban J connectivity index is 1.52. The predicted octanol–water partition coefficient (Wildman–Crippen LogP) is 2.21. The quantitative estimate of drug-likeness (QED) is 0.888. The van der Waals surface area contributed by atoms with E-state index >= 15 is 0 Å². The first-order valence-electron chi connectivity index (χ1n) is 8.24. The third-order valence-corrected chi connectivity index (χ3v) is 5.27. The topological polar surface area (TPSA) is 75.1 Å². The molecule has 2 amide bonds. The molecule has 0 spiro atoms. The van der Waals surface area contributed by atoms with Crippen molar-refractivity contribution in [1.29, 1.82) is 0 Å². The molecule has 1 aliphatic rings. The molecule has 130 valence electrons. The van der Waals surface area contributed by atoms with Crippen LogP contribution >= 0.6 is 11.3 Å². The van der Waals surface area contributed by atoms with Gasteiger partial charge in [-0.05, 0) is 26.7 Å². The number of aromatic nitrogens is 3. The van der Waals surface area contributed by atoms with Crippen molar-refractivity contribution in [2.45, 2.75) is 38.8 Å². The Hall–Kier alpha value is -2.09. The van der Waals surface area contributed by atoms with E-state index in [9.17, 15) is 4.79 Å². The molecule has 24 heavy (non-hydrogen) atoms. The fourth-order valence-electron chi connectivity index (χ4n) is 2.96. The molecule has 1 fully saturated rings. The zero-order valence-corrected chi connectivity index (χ0v) is 15.1. The van der Waals surface area contributed by atoms with E-state index < -0.39 is 0 Å². The standard InChI is InChI=1S/C16H24N6OS/c1-11-7-17-15(24-11)12(2)19-16(23)20-13-5-4-6-22(9-13)14-8-18-21(3)10-14/h7-8,10,12-13H,4-6,9H2,1-3H3,(H2,19,20,23)/t12-,13-/m1/s1. The van der Waals surface area contributed by atoms with Crippen LogP contribution in [-0.2, 0) is 7.05 Å². The van der Waals surface area contributed by atoms with Gasteiger partial charge in [0.2, 0.25) is 0 Å². The first kappa shape index (κ1) is 16.8. The van der Waals surface area contributed by atoms with Gasteiger partial charge in [-0.15, -0.1) is 11.3 Å². The summed E-state index contributed by atoms with van der Waals surface area (Å²) in [6, 6.07) is -0.0701. The van der Waals surface area contributed by atoms with E-state index in [2.05, 4.69) is 25.6 Å². The van der Waals surface area contributed by atoms with Gasteiger partial charge < -0.3 is 15.5 Å². The van der Waals surface area contributed by atoms with Crippen molar-refractivity contribution >= 4 is 23.1 Å². The highest BCUT2D eigenvalue weighted by Crippen LogP contribution is 2.20. The molecule has 0 saturated carbocycles. The number of amides is 2. The van der Waals surface area contributed by atoms with Crippen molar-refractivity contribution in [3.63, 3.8) is 0 Å². The maximum Gasteiger partial charge on any atom is 0.315 e. The van der Waals surface area contributed by atoms with Crippen LogP contribution in [0.5, 0.6) is 0 Å². The van der Waals surface area contributed by atoms with E-state index in [4.69, 9.17) is 0 Å². The van der Waals surface area contributed by atoms with E-state index in [0.717, 1.165) is 41.5 Å². The second-order valence-electron chi connectivity index (χ2n) is 6.31. The van der Waals surface area contributed by atoms with Crippen LogP contribution < -0.4 is 15.5 Å². The van der Waals surface area contributed by atoms with Crippen LogP contribution in [0.15, 0.2) is 18.6 Å². The molecule has 3 rings (SSSR count). The number of hydrogen-bond donors (Lipinski definition) is 2. The fraction of sp³-hybridized carbons (Fsp3) is 0.562. The van der Waals surface area contributed by atoms with Crippen LogP contribution in [0.2, 0.25) is 0 Å². The van der Waals surface area contributed by atoms with Crippen molar-refractivity contribution in [3.05, 3.63) is 28.5 Å². The Kier molecular flexibility index (Phi) is 5.03. The molecule has 1 saturated heterocycles. The van der Waals surface area contributed by atoms with Crippen molar-refractivity contribution < 1.29 is 4.79 Å². The minimum Gasteiger partial charge on any atom is -0.367 e. The Labute approximate surface area is 146 Å². The average molecular weight is 348 g/mol. The highest BCUT2D eigenvalue weighted by atomic mass is 32.1. The zero-order chi connectivity index (χ0) is 17.1. The molecule has 7 nitrogen and oxygen atoms in total. The molecule has 8 heteroatoms. The molecule has 2 N–H and O–H groups in total. The van der Waals surface area contributed by atoms with Crippen LogP contribution in [-0.4, -0.2) is 39.9 Å². The Morgan fingerprint density at radius 1 is 1.46 bits per heavy atom. The summed E-state index contributed by atoms with van der Waals surface area (Å²) >= 11 is 1.61. The summed E-state index contributed by atoms with van der Waals surface area (Å²) in [4.78, 5) is 20.0. The third-order valence-electron chi connectivity index (χ3n) is 4.17. The van der Waals surface area contributed by atoms with Crippen molar-refractivity contribution in [2.75, 3.05) is 18.0 Å². The minimum absolute atomic E-state index is 0.0817. The van der Waals surface area contributed by atoms with Gasteiger partial charge in [0.25, 0.3) is 0 Å². The van der Waals surface area contributed by atoms with Crippen LogP contribution in [0.1, 0.15) is 35.7 Å². The number of urea groups is 1. The van der Waals surface area contributed by atoms with Crippen molar-refractivity contribution in [2.24, 2.45) is 7.05 Å². The first-order valence-corrected chi connectivity index (χ1v) is 9.06. The Morgan fingerprint density at radius 2 is 2.29 bits per heavy atom. The number of nitrogens with one attached hydrogen (secondary N) is 2. The largest absolute Gasteiger partial charge is 0.367 e. The smallest absolute Gasteiger partial charge is 0.315 e. The predicted molar refractivity (Wildman–Crippen MR) is 95.4 cm³/mol. The maximum atomic E-state index is 12.3. The van der Waals surface area contributed by atoms with Crippen molar-refractivity contribution in [1.82, 2.24) is 25.4 Å². The van der Waals surface area contributed by atoms with Gasteiger partial charge in [0.15, 0.2) is 0 Å². The summed E-state index contributed by atoms with van der Waals surface area (Å²) in [5, 5.41) is 11.2. The van der Waals surface area contributed by atoms with Gasteiger partial charge >= 0.3 is 6.03 Å². The van der Waals surface area contributed by atoms with Gasteiger partial charge in [-0.25, -0.2) is 9.78 Å². The second kappa shape index (κ2) is 7.21. The Bertz CT molecular complexity index is 696.